The zero-order chi connectivity index (χ0) is 14.2. The van der Waals surface area contributed by atoms with Crippen LogP contribution < -0.4 is 10.2 Å². The summed E-state index contributed by atoms with van der Waals surface area (Å²) in [6.45, 7) is 11.1. The Morgan fingerprint density at radius 1 is 1.21 bits per heavy atom. The molecule has 1 aliphatic rings. The topological polar surface area (TPSA) is 32.3 Å². The number of amides is 1. The van der Waals surface area contributed by atoms with Crippen LogP contribution in [0.4, 0.5) is 11.4 Å². The summed E-state index contributed by atoms with van der Waals surface area (Å²) in [5.41, 5.74) is 4.06. The summed E-state index contributed by atoms with van der Waals surface area (Å²) in [5.74, 6) is 0.164. The van der Waals surface area contributed by atoms with Crippen molar-refractivity contribution in [2.45, 2.75) is 53.0 Å². The SMILES string of the molecule is CCCCN1C(=O)C(C)(C)Nc2cc(C)c(C)cc21. The number of unbranched alkanes of at least 4 members (excludes halogenated alkanes) is 1. The van der Waals surface area contributed by atoms with Crippen LogP contribution in [0.5, 0.6) is 0 Å². The Morgan fingerprint density at radius 3 is 2.47 bits per heavy atom. The minimum absolute atomic E-state index is 0.164. The molecule has 0 aromatic heterocycles. The van der Waals surface area contributed by atoms with Crippen LogP contribution in [-0.2, 0) is 4.79 Å². The van der Waals surface area contributed by atoms with Crippen molar-refractivity contribution < 1.29 is 4.79 Å². The number of nitrogens with one attached hydrogen (secondary N) is 1. The van der Waals surface area contributed by atoms with E-state index in [1.165, 1.54) is 11.1 Å². The van der Waals surface area contributed by atoms with Gasteiger partial charge in [0.05, 0.1) is 11.4 Å². The van der Waals surface area contributed by atoms with Crippen LogP contribution in [0.1, 0.15) is 44.7 Å². The number of rotatable bonds is 3. The third-order valence-corrected chi connectivity index (χ3v) is 3.87. The van der Waals surface area contributed by atoms with Crippen LogP contribution >= 0.6 is 0 Å². The molecule has 19 heavy (non-hydrogen) atoms. The van der Waals surface area contributed by atoms with E-state index in [1.54, 1.807) is 0 Å². The average molecular weight is 260 g/mol. The molecule has 1 aromatic carbocycles. The zero-order valence-electron chi connectivity index (χ0n) is 12.6. The van der Waals surface area contributed by atoms with Crippen molar-refractivity contribution in [1.29, 1.82) is 0 Å². The number of fused-ring (bicyclic) bond motifs is 1. The van der Waals surface area contributed by atoms with Crippen molar-refractivity contribution >= 4 is 17.3 Å². The van der Waals surface area contributed by atoms with E-state index >= 15 is 0 Å². The maximum atomic E-state index is 12.6. The number of carbonyl (C=O) groups is 1. The van der Waals surface area contributed by atoms with Crippen molar-refractivity contribution in [2.75, 3.05) is 16.8 Å². The maximum absolute atomic E-state index is 12.6. The van der Waals surface area contributed by atoms with Gasteiger partial charge in [0, 0.05) is 6.54 Å². The molecule has 1 aromatic rings. The van der Waals surface area contributed by atoms with E-state index in [1.807, 2.05) is 18.7 Å². The van der Waals surface area contributed by atoms with Crippen LogP contribution in [0, 0.1) is 13.8 Å². The van der Waals surface area contributed by atoms with Gasteiger partial charge in [-0.1, -0.05) is 13.3 Å². The summed E-state index contributed by atoms with van der Waals surface area (Å²) in [6, 6.07) is 4.28. The smallest absolute Gasteiger partial charge is 0.252 e. The third-order valence-electron chi connectivity index (χ3n) is 3.87. The van der Waals surface area contributed by atoms with Gasteiger partial charge in [0.2, 0.25) is 0 Å². The Labute approximate surface area is 116 Å². The highest BCUT2D eigenvalue weighted by Crippen LogP contribution is 2.37. The summed E-state index contributed by atoms with van der Waals surface area (Å²) >= 11 is 0. The van der Waals surface area contributed by atoms with Crippen LogP contribution in [0.3, 0.4) is 0 Å². The van der Waals surface area contributed by atoms with Gasteiger partial charge < -0.3 is 10.2 Å². The van der Waals surface area contributed by atoms with Crippen molar-refractivity contribution in [3.63, 3.8) is 0 Å². The number of nitrogens with zero attached hydrogens (tertiary/aromatic N) is 1. The normalized spacial score (nSPS) is 17.1. The summed E-state index contributed by atoms with van der Waals surface area (Å²) in [7, 11) is 0. The first-order valence-electron chi connectivity index (χ1n) is 7.08. The molecule has 0 radical (unpaired) electrons. The fourth-order valence-electron chi connectivity index (χ4n) is 2.50. The Hall–Kier alpha value is -1.51. The molecule has 1 amide bonds. The lowest BCUT2D eigenvalue weighted by molar-refractivity contribution is -0.122. The minimum atomic E-state index is -0.525. The summed E-state index contributed by atoms with van der Waals surface area (Å²) < 4.78 is 0. The van der Waals surface area contributed by atoms with Crippen molar-refractivity contribution in [2.24, 2.45) is 0 Å². The highest BCUT2D eigenvalue weighted by Gasteiger charge is 2.38. The summed E-state index contributed by atoms with van der Waals surface area (Å²) in [6.07, 6.45) is 2.13. The predicted molar refractivity (Wildman–Crippen MR) is 80.9 cm³/mol. The zero-order valence-corrected chi connectivity index (χ0v) is 12.6. The van der Waals surface area contributed by atoms with Gasteiger partial charge >= 0.3 is 0 Å². The lowest BCUT2D eigenvalue weighted by atomic mass is 9.95. The van der Waals surface area contributed by atoms with E-state index in [-0.39, 0.29) is 5.91 Å². The van der Waals surface area contributed by atoms with Gasteiger partial charge in [0.1, 0.15) is 5.54 Å². The fraction of sp³-hybridized carbons (Fsp3) is 0.562. The van der Waals surface area contributed by atoms with Gasteiger partial charge in [0.15, 0.2) is 0 Å². The number of carbonyl (C=O) groups excluding carboxylic acids is 1. The maximum Gasteiger partial charge on any atom is 0.252 e. The van der Waals surface area contributed by atoms with Crippen LogP contribution in [0.15, 0.2) is 12.1 Å². The van der Waals surface area contributed by atoms with Gasteiger partial charge in [-0.25, -0.2) is 0 Å². The Kier molecular flexibility index (Phi) is 3.57. The second-order valence-corrected chi connectivity index (χ2v) is 6.01. The van der Waals surface area contributed by atoms with E-state index in [0.717, 1.165) is 30.8 Å². The summed E-state index contributed by atoms with van der Waals surface area (Å²) in [4.78, 5) is 14.5. The lowest BCUT2D eigenvalue weighted by Gasteiger charge is -2.40. The molecule has 0 saturated carbocycles. The first-order chi connectivity index (χ1) is 8.86. The van der Waals surface area contributed by atoms with Crippen molar-refractivity contribution in [3.8, 4) is 0 Å². The Morgan fingerprint density at radius 2 is 1.84 bits per heavy atom. The molecule has 0 saturated heterocycles. The summed E-state index contributed by atoms with van der Waals surface area (Å²) in [5, 5.41) is 3.37. The molecule has 1 N–H and O–H groups in total. The van der Waals surface area contributed by atoms with E-state index in [9.17, 15) is 4.79 Å². The van der Waals surface area contributed by atoms with E-state index in [0.29, 0.717) is 0 Å². The second-order valence-electron chi connectivity index (χ2n) is 6.01. The molecule has 0 fully saturated rings. The molecule has 3 heteroatoms. The number of hydrogen-bond donors (Lipinski definition) is 1. The van der Waals surface area contributed by atoms with Crippen LogP contribution in [0.2, 0.25) is 0 Å². The number of anilines is 2. The highest BCUT2D eigenvalue weighted by molar-refractivity contribution is 6.07. The molecular formula is C16H24N2O. The molecule has 0 spiro atoms. The van der Waals surface area contributed by atoms with E-state index < -0.39 is 5.54 Å². The highest BCUT2D eigenvalue weighted by atomic mass is 16.2. The quantitative estimate of drug-likeness (QED) is 0.900. The first-order valence-corrected chi connectivity index (χ1v) is 7.08. The van der Waals surface area contributed by atoms with Gasteiger partial charge in [-0.05, 0) is 57.4 Å². The number of benzene rings is 1. The van der Waals surface area contributed by atoms with Gasteiger partial charge in [-0.2, -0.15) is 0 Å². The minimum Gasteiger partial charge on any atom is -0.370 e. The molecule has 0 unspecified atom stereocenters. The molecule has 1 aliphatic heterocycles. The molecule has 104 valence electrons. The van der Waals surface area contributed by atoms with Crippen LogP contribution in [-0.4, -0.2) is 18.0 Å². The second kappa shape index (κ2) is 4.87. The van der Waals surface area contributed by atoms with E-state index in [2.05, 4.69) is 38.2 Å². The Bertz CT molecular complexity index is 506. The predicted octanol–water partition coefficient (Wildman–Crippen LogP) is 3.64. The Balaban J connectivity index is 2.48. The lowest BCUT2D eigenvalue weighted by Crippen LogP contribution is -2.54. The number of aryl methyl sites for hydroxylation is 2. The van der Waals surface area contributed by atoms with Crippen molar-refractivity contribution in [1.82, 2.24) is 0 Å². The molecule has 0 bridgehead atoms. The van der Waals surface area contributed by atoms with E-state index in [4.69, 9.17) is 0 Å². The van der Waals surface area contributed by atoms with Gasteiger partial charge in [0.25, 0.3) is 5.91 Å². The standard InChI is InChI=1S/C16H24N2O/c1-6-7-8-18-14-10-12(3)11(2)9-13(14)17-16(4,5)15(18)19/h9-10,17H,6-8H2,1-5H3. The first kappa shape index (κ1) is 13.9. The molecule has 3 nitrogen and oxygen atoms in total. The molecular weight excluding hydrogens is 236 g/mol. The van der Waals surface area contributed by atoms with Gasteiger partial charge in [-0.15, -0.1) is 0 Å². The van der Waals surface area contributed by atoms with Crippen molar-refractivity contribution in [3.05, 3.63) is 23.3 Å². The monoisotopic (exact) mass is 260 g/mol. The fourth-order valence-corrected chi connectivity index (χ4v) is 2.50. The number of hydrogen-bond acceptors (Lipinski definition) is 2. The third kappa shape index (κ3) is 2.46. The average Bonchev–Trinajstić information content (AvgIpc) is 2.33. The van der Waals surface area contributed by atoms with Gasteiger partial charge in [-0.3, -0.25) is 4.79 Å². The molecule has 0 atom stereocenters. The molecule has 1 heterocycles. The molecule has 0 aliphatic carbocycles. The molecule has 2 rings (SSSR count). The van der Waals surface area contributed by atoms with Crippen LogP contribution in [0.25, 0.3) is 0 Å². The largest absolute Gasteiger partial charge is 0.370 e.